The van der Waals surface area contributed by atoms with Crippen LogP contribution in [0.5, 0.6) is 11.5 Å². The molecule has 0 unspecified atom stereocenters. The highest BCUT2D eigenvalue weighted by atomic mass is 16.5. The maximum Gasteiger partial charge on any atom is 0.189 e. The zero-order valence-corrected chi connectivity index (χ0v) is 15.7. The summed E-state index contributed by atoms with van der Waals surface area (Å²) in [5, 5.41) is 0. The number of allylic oxidation sites excluding steroid dienone is 2. The average Bonchev–Trinajstić information content (AvgIpc) is 2.70. The number of methoxy groups -OCH3 is 2. The lowest BCUT2D eigenvalue weighted by Gasteiger charge is -2.07. The van der Waals surface area contributed by atoms with Crippen molar-refractivity contribution in [2.75, 3.05) is 14.2 Å². The number of ether oxygens (including phenoxy) is 2. The van der Waals surface area contributed by atoms with Crippen molar-refractivity contribution >= 4 is 5.78 Å². The van der Waals surface area contributed by atoms with Crippen LogP contribution in [0.4, 0.5) is 0 Å². The van der Waals surface area contributed by atoms with E-state index in [9.17, 15) is 4.79 Å². The molecule has 3 nitrogen and oxygen atoms in total. The molecule has 0 radical (unpaired) electrons. The van der Waals surface area contributed by atoms with E-state index in [0.29, 0.717) is 17.1 Å². The molecule has 0 saturated heterocycles. The second-order valence-corrected chi connectivity index (χ2v) is 6.27. The van der Waals surface area contributed by atoms with Crippen LogP contribution in [0, 0.1) is 0 Å². The van der Waals surface area contributed by atoms with Crippen molar-refractivity contribution in [1.82, 2.24) is 0 Å². The molecule has 2 rings (SSSR count). The molecule has 0 spiro atoms. The van der Waals surface area contributed by atoms with Gasteiger partial charge in [-0.15, -0.1) is 0 Å². The number of hydrogen-bond acceptors (Lipinski definition) is 3. The van der Waals surface area contributed by atoms with Crippen molar-refractivity contribution in [3.63, 3.8) is 0 Å². The molecule has 0 aromatic heterocycles. The molecule has 0 fully saturated rings. The van der Waals surface area contributed by atoms with E-state index in [2.05, 4.69) is 30.3 Å². The van der Waals surface area contributed by atoms with Crippen LogP contribution in [0.15, 0.2) is 60.7 Å². The van der Waals surface area contributed by atoms with Crippen molar-refractivity contribution < 1.29 is 14.3 Å². The van der Waals surface area contributed by atoms with Gasteiger partial charge in [-0.1, -0.05) is 49.2 Å². The highest BCUT2D eigenvalue weighted by Crippen LogP contribution is 2.24. The Morgan fingerprint density at radius 3 is 2.42 bits per heavy atom. The van der Waals surface area contributed by atoms with Crippen LogP contribution in [0.1, 0.15) is 48.0 Å². The van der Waals surface area contributed by atoms with E-state index in [-0.39, 0.29) is 5.78 Å². The van der Waals surface area contributed by atoms with Crippen LogP contribution >= 0.6 is 0 Å². The van der Waals surface area contributed by atoms with Gasteiger partial charge in [-0.05, 0) is 55.5 Å². The van der Waals surface area contributed by atoms with Gasteiger partial charge in [0.15, 0.2) is 5.78 Å². The van der Waals surface area contributed by atoms with Crippen LogP contribution in [-0.2, 0) is 6.42 Å². The first-order valence-electron chi connectivity index (χ1n) is 9.21. The van der Waals surface area contributed by atoms with E-state index >= 15 is 0 Å². The lowest BCUT2D eigenvalue weighted by atomic mass is 10.0. The van der Waals surface area contributed by atoms with Gasteiger partial charge in [0.05, 0.1) is 19.8 Å². The number of carbonyl (C=O) groups is 1. The van der Waals surface area contributed by atoms with Crippen LogP contribution in [-0.4, -0.2) is 20.0 Å². The summed E-state index contributed by atoms with van der Waals surface area (Å²) in [6, 6.07) is 15.9. The minimum Gasteiger partial charge on any atom is -0.497 e. The molecule has 3 heteroatoms. The van der Waals surface area contributed by atoms with Crippen molar-refractivity contribution in [3.8, 4) is 11.5 Å². The molecule has 138 valence electrons. The van der Waals surface area contributed by atoms with Crippen LogP contribution in [0.2, 0.25) is 0 Å². The molecule has 0 saturated carbocycles. The summed E-state index contributed by atoms with van der Waals surface area (Å²) in [4.78, 5) is 12.4. The molecule has 2 aromatic carbocycles. The minimum atomic E-state index is -0.0511. The second-order valence-electron chi connectivity index (χ2n) is 6.27. The summed E-state index contributed by atoms with van der Waals surface area (Å²) in [5.41, 5.74) is 1.94. The number of unbranched alkanes of at least 4 members (excludes halogenated alkanes) is 4. The van der Waals surface area contributed by atoms with E-state index < -0.39 is 0 Å². The number of rotatable bonds is 11. The van der Waals surface area contributed by atoms with Gasteiger partial charge in [0.25, 0.3) is 0 Å². The van der Waals surface area contributed by atoms with E-state index in [0.717, 1.165) is 19.3 Å². The number of aryl methyl sites for hydroxylation is 1. The second kappa shape index (κ2) is 11.1. The zero-order valence-electron chi connectivity index (χ0n) is 15.7. The van der Waals surface area contributed by atoms with Crippen LogP contribution < -0.4 is 9.47 Å². The van der Waals surface area contributed by atoms with E-state index in [1.54, 1.807) is 38.5 Å². The first-order chi connectivity index (χ1) is 12.7. The Bertz CT molecular complexity index is 705. The number of carbonyl (C=O) groups excluding carboxylic acids is 1. The summed E-state index contributed by atoms with van der Waals surface area (Å²) in [6.45, 7) is 0. The maximum atomic E-state index is 12.4. The smallest absolute Gasteiger partial charge is 0.189 e. The van der Waals surface area contributed by atoms with Crippen molar-refractivity contribution in [3.05, 3.63) is 71.8 Å². The predicted molar refractivity (Wildman–Crippen MR) is 106 cm³/mol. The quantitative estimate of drug-likeness (QED) is 0.298. The fourth-order valence-electron chi connectivity index (χ4n) is 2.88. The third kappa shape index (κ3) is 6.40. The average molecular weight is 352 g/mol. The summed E-state index contributed by atoms with van der Waals surface area (Å²) in [6.07, 6.45) is 10.4. The van der Waals surface area contributed by atoms with Gasteiger partial charge in [0.1, 0.15) is 11.5 Å². The molecule has 2 aromatic rings. The minimum absolute atomic E-state index is 0.0511. The molecule has 0 aliphatic rings. The fourth-order valence-corrected chi connectivity index (χ4v) is 2.88. The Balaban J connectivity index is 1.69. The molecule has 0 bridgehead atoms. The molecular formula is C23H28O3. The van der Waals surface area contributed by atoms with Crippen molar-refractivity contribution in [1.29, 1.82) is 0 Å². The monoisotopic (exact) mass is 352 g/mol. The van der Waals surface area contributed by atoms with Crippen LogP contribution in [0.3, 0.4) is 0 Å². The maximum absolute atomic E-state index is 12.4. The summed E-state index contributed by atoms with van der Waals surface area (Å²) in [7, 11) is 3.15. The Hall–Kier alpha value is -2.55. The van der Waals surface area contributed by atoms with E-state index in [1.165, 1.54) is 24.8 Å². The van der Waals surface area contributed by atoms with Gasteiger partial charge in [-0.25, -0.2) is 0 Å². The first-order valence-corrected chi connectivity index (χ1v) is 9.21. The summed E-state index contributed by atoms with van der Waals surface area (Å²) >= 11 is 0. The molecule has 26 heavy (non-hydrogen) atoms. The summed E-state index contributed by atoms with van der Waals surface area (Å²) in [5.74, 6) is 1.17. The van der Waals surface area contributed by atoms with Gasteiger partial charge in [0.2, 0.25) is 0 Å². The van der Waals surface area contributed by atoms with Gasteiger partial charge >= 0.3 is 0 Å². The Labute approximate surface area is 156 Å². The third-order valence-electron chi connectivity index (χ3n) is 4.37. The lowest BCUT2D eigenvalue weighted by Crippen LogP contribution is -1.99. The Kier molecular flexibility index (Phi) is 8.47. The highest BCUT2D eigenvalue weighted by molar-refractivity contribution is 6.06. The van der Waals surface area contributed by atoms with Gasteiger partial charge in [0, 0.05) is 0 Å². The standard InChI is InChI=1S/C23H28O3/c1-25-20-16-17-23(26-2)21(18-20)22(24)15-11-6-4-3-5-8-12-19-13-9-7-10-14-19/h7,9-11,13-18H,3-6,8,12H2,1-2H3/b15-11+. The zero-order chi connectivity index (χ0) is 18.6. The topological polar surface area (TPSA) is 35.5 Å². The summed E-state index contributed by atoms with van der Waals surface area (Å²) < 4.78 is 10.4. The molecule has 0 amide bonds. The number of benzene rings is 2. The predicted octanol–water partition coefficient (Wildman–Crippen LogP) is 5.64. The molecule has 0 aliphatic heterocycles. The Morgan fingerprint density at radius 1 is 0.923 bits per heavy atom. The normalized spacial score (nSPS) is 10.8. The van der Waals surface area contributed by atoms with Crippen molar-refractivity contribution in [2.24, 2.45) is 0 Å². The molecule has 0 aliphatic carbocycles. The van der Waals surface area contributed by atoms with Crippen molar-refractivity contribution in [2.45, 2.75) is 38.5 Å². The number of ketones is 1. The largest absolute Gasteiger partial charge is 0.497 e. The molecule has 0 N–H and O–H groups in total. The lowest BCUT2D eigenvalue weighted by molar-refractivity contribution is 0.104. The van der Waals surface area contributed by atoms with Gasteiger partial charge in [-0.2, -0.15) is 0 Å². The first kappa shape index (κ1) is 19.8. The van der Waals surface area contributed by atoms with Gasteiger partial charge in [-0.3, -0.25) is 4.79 Å². The molecule has 0 heterocycles. The number of hydrogen-bond donors (Lipinski definition) is 0. The van der Waals surface area contributed by atoms with E-state index in [1.807, 2.05) is 6.08 Å². The molecular weight excluding hydrogens is 324 g/mol. The van der Waals surface area contributed by atoms with Gasteiger partial charge < -0.3 is 9.47 Å². The fraction of sp³-hybridized carbons (Fsp3) is 0.348. The SMILES string of the molecule is COc1ccc(OC)c(C(=O)/C=C/CCCCCCc2ccccc2)c1. The Morgan fingerprint density at radius 2 is 1.69 bits per heavy atom. The van der Waals surface area contributed by atoms with E-state index in [4.69, 9.17) is 9.47 Å². The molecule has 0 atom stereocenters. The third-order valence-corrected chi connectivity index (χ3v) is 4.37. The highest BCUT2D eigenvalue weighted by Gasteiger charge is 2.10. The van der Waals surface area contributed by atoms with Crippen LogP contribution in [0.25, 0.3) is 0 Å².